The number of fused-ring (bicyclic) bond motifs is 2. The number of nitrogens with zero attached hydrogens (tertiary/aromatic N) is 2. The summed E-state index contributed by atoms with van der Waals surface area (Å²) in [6.07, 6.45) is 2.83. The molecule has 0 saturated carbocycles. The van der Waals surface area contributed by atoms with Crippen molar-refractivity contribution in [1.29, 1.82) is 0 Å². The van der Waals surface area contributed by atoms with Crippen LogP contribution in [0.15, 0.2) is 59.7 Å². The summed E-state index contributed by atoms with van der Waals surface area (Å²) in [4.78, 5) is 9.58. The van der Waals surface area contributed by atoms with Crippen LogP contribution in [0.1, 0.15) is 30.5 Å². The van der Waals surface area contributed by atoms with Crippen molar-refractivity contribution < 1.29 is 0 Å². The molecule has 3 aromatic rings. The zero-order valence-electron chi connectivity index (χ0n) is 13.2. The quantitative estimate of drug-likeness (QED) is 0.615. The second kappa shape index (κ2) is 5.17. The van der Waals surface area contributed by atoms with Crippen molar-refractivity contribution in [2.45, 2.75) is 25.8 Å². The van der Waals surface area contributed by atoms with Crippen LogP contribution in [0.4, 0.5) is 0 Å². The van der Waals surface area contributed by atoms with Crippen molar-refractivity contribution in [1.82, 2.24) is 4.98 Å². The van der Waals surface area contributed by atoms with Gasteiger partial charge in [-0.05, 0) is 50.1 Å². The first-order valence-electron chi connectivity index (χ1n) is 7.76. The molecule has 1 aliphatic heterocycles. The summed E-state index contributed by atoms with van der Waals surface area (Å²) in [5.41, 5.74) is 5.31. The van der Waals surface area contributed by atoms with Crippen LogP contribution in [0.5, 0.6) is 0 Å². The Labute approximate surface area is 140 Å². The summed E-state index contributed by atoms with van der Waals surface area (Å²) in [7, 11) is 0. The van der Waals surface area contributed by atoms with Crippen molar-refractivity contribution in [3.05, 3.63) is 76.4 Å². The summed E-state index contributed by atoms with van der Waals surface area (Å²) in [5, 5.41) is 1.87. The van der Waals surface area contributed by atoms with Gasteiger partial charge in [0.05, 0.1) is 16.8 Å². The molecule has 0 radical (unpaired) electrons. The fourth-order valence-corrected chi connectivity index (χ4v) is 3.38. The van der Waals surface area contributed by atoms with E-state index in [0.29, 0.717) is 0 Å². The number of halogens is 1. The highest BCUT2D eigenvalue weighted by Crippen LogP contribution is 2.31. The molecule has 0 amide bonds. The summed E-state index contributed by atoms with van der Waals surface area (Å²) in [6.45, 7) is 4.33. The standard InChI is InChI=1S/C20H17ClN2/c1-20(2)11-14-7-8-16(21)10-17(14)19(23-20)15-9-13-5-3-4-6-18(13)22-12-15/h3-10,12H,11H2,1-2H3. The van der Waals surface area contributed by atoms with Gasteiger partial charge in [-0.15, -0.1) is 0 Å². The van der Waals surface area contributed by atoms with Crippen molar-refractivity contribution in [3.8, 4) is 0 Å². The molecule has 0 unspecified atom stereocenters. The minimum absolute atomic E-state index is 0.123. The summed E-state index contributed by atoms with van der Waals surface area (Å²) in [5.74, 6) is 0. The lowest BCUT2D eigenvalue weighted by molar-refractivity contribution is 0.513. The van der Waals surface area contributed by atoms with E-state index in [4.69, 9.17) is 16.6 Å². The highest BCUT2D eigenvalue weighted by atomic mass is 35.5. The summed E-state index contributed by atoms with van der Waals surface area (Å²) >= 11 is 6.22. The van der Waals surface area contributed by atoms with Gasteiger partial charge in [0.1, 0.15) is 0 Å². The molecule has 4 rings (SSSR count). The predicted octanol–water partition coefficient (Wildman–Crippen LogP) is 5.06. The fraction of sp³-hybridized carbons (Fsp3) is 0.200. The molecule has 0 N–H and O–H groups in total. The van der Waals surface area contributed by atoms with Gasteiger partial charge < -0.3 is 0 Å². The van der Waals surface area contributed by atoms with Gasteiger partial charge >= 0.3 is 0 Å². The zero-order chi connectivity index (χ0) is 16.0. The van der Waals surface area contributed by atoms with Gasteiger partial charge in [-0.1, -0.05) is 35.9 Å². The Bertz CT molecular complexity index is 941. The number of benzene rings is 2. The van der Waals surface area contributed by atoms with Crippen molar-refractivity contribution in [2.75, 3.05) is 0 Å². The number of pyridine rings is 1. The fourth-order valence-electron chi connectivity index (χ4n) is 3.21. The molecule has 0 saturated heterocycles. The molecule has 0 atom stereocenters. The van der Waals surface area contributed by atoms with Crippen molar-refractivity contribution in [2.24, 2.45) is 4.99 Å². The van der Waals surface area contributed by atoms with E-state index >= 15 is 0 Å². The van der Waals surface area contributed by atoms with Crippen LogP contribution >= 0.6 is 11.6 Å². The minimum Gasteiger partial charge on any atom is -0.278 e. The van der Waals surface area contributed by atoms with Crippen LogP contribution in [0.3, 0.4) is 0 Å². The van der Waals surface area contributed by atoms with Crippen LogP contribution in [0.2, 0.25) is 5.02 Å². The van der Waals surface area contributed by atoms with Gasteiger partial charge in [-0.3, -0.25) is 9.98 Å². The van der Waals surface area contributed by atoms with Gasteiger partial charge in [-0.2, -0.15) is 0 Å². The predicted molar refractivity (Wildman–Crippen MR) is 96.6 cm³/mol. The van der Waals surface area contributed by atoms with Gasteiger partial charge in [-0.25, -0.2) is 0 Å². The number of para-hydroxylation sites is 1. The maximum atomic E-state index is 6.22. The molecule has 0 aliphatic carbocycles. The third-order valence-electron chi connectivity index (χ3n) is 4.23. The molecular weight excluding hydrogens is 304 g/mol. The molecule has 114 valence electrons. The van der Waals surface area contributed by atoms with E-state index in [1.807, 2.05) is 36.5 Å². The minimum atomic E-state index is -0.123. The van der Waals surface area contributed by atoms with E-state index in [2.05, 4.69) is 37.0 Å². The molecule has 2 aromatic carbocycles. The number of aliphatic imine (C=N–C) groups is 1. The van der Waals surface area contributed by atoms with E-state index in [9.17, 15) is 0 Å². The van der Waals surface area contributed by atoms with E-state index < -0.39 is 0 Å². The van der Waals surface area contributed by atoms with Crippen molar-refractivity contribution in [3.63, 3.8) is 0 Å². The highest BCUT2D eigenvalue weighted by molar-refractivity contribution is 6.31. The Balaban J connectivity index is 1.94. The van der Waals surface area contributed by atoms with Crippen molar-refractivity contribution >= 4 is 28.2 Å². The van der Waals surface area contributed by atoms with E-state index in [1.54, 1.807) is 0 Å². The first kappa shape index (κ1) is 14.4. The molecule has 0 spiro atoms. The lowest BCUT2D eigenvalue weighted by Gasteiger charge is -2.29. The Morgan fingerprint density at radius 1 is 1.04 bits per heavy atom. The molecule has 3 heteroatoms. The largest absolute Gasteiger partial charge is 0.278 e. The second-order valence-electron chi connectivity index (χ2n) is 6.67. The van der Waals surface area contributed by atoms with Gasteiger partial charge in [0.15, 0.2) is 0 Å². The molecule has 23 heavy (non-hydrogen) atoms. The average Bonchev–Trinajstić information content (AvgIpc) is 2.53. The van der Waals surface area contributed by atoms with Crippen LogP contribution in [-0.2, 0) is 6.42 Å². The van der Waals surface area contributed by atoms with Gasteiger partial charge in [0.25, 0.3) is 0 Å². The van der Waals surface area contributed by atoms with Gasteiger partial charge in [0, 0.05) is 27.7 Å². The number of hydrogen-bond donors (Lipinski definition) is 0. The lowest BCUT2D eigenvalue weighted by Crippen LogP contribution is -2.29. The Hall–Kier alpha value is -2.19. The average molecular weight is 321 g/mol. The SMILES string of the molecule is CC1(C)Cc2ccc(Cl)cc2C(c2cnc3ccccc3c2)=N1. The highest BCUT2D eigenvalue weighted by Gasteiger charge is 2.27. The van der Waals surface area contributed by atoms with Crippen LogP contribution in [0.25, 0.3) is 10.9 Å². The molecule has 0 fully saturated rings. The molecule has 1 aromatic heterocycles. The summed E-state index contributed by atoms with van der Waals surface area (Å²) in [6, 6.07) is 16.4. The topological polar surface area (TPSA) is 25.2 Å². The van der Waals surface area contributed by atoms with Gasteiger partial charge in [0.2, 0.25) is 0 Å². The number of aromatic nitrogens is 1. The van der Waals surface area contributed by atoms with Crippen LogP contribution in [-0.4, -0.2) is 16.2 Å². The Kier molecular flexibility index (Phi) is 3.24. The Morgan fingerprint density at radius 2 is 1.87 bits per heavy atom. The van der Waals surface area contributed by atoms with Crippen LogP contribution < -0.4 is 0 Å². The third kappa shape index (κ3) is 2.64. The number of hydrogen-bond acceptors (Lipinski definition) is 2. The zero-order valence-corrected chi connectivity index (χ0v) is 13.9. The maximum absolute atomic E-state index is 6.22. The number of rotatable bonds is 1. The van der Waals surface area contributed by atoms with Crippen LogP contribution in [0, 0.1) is 0 Å². The normalized spacial score (nSPS) is 16.0. The van der Waals surface area contributed by atoms with E-state index in [0.717, 1.165) is 39.2 Å². The van der Waals surface area contributed by atoms with E-state index in [1.165, 1.54) is 5.56 Å². The van der Waals surface area contributed by atoms with E-state index in [-0.39, 0.29) is 5.54 Å². The smallest absolute Gasteiger partial charge is 0.0744 e. The third-order valence-corrected chi connectivity index (χ3v) is 4.46. The molecule has 1 aliphatic rings. The monoisotopic (exact) mass is 320 g/mol. The Morgan fingerprint density at radius 3 is 2.74 bits per heavy atom. The molecule has 2 nitrogen and oxygen atoms in total. The molecule has 2 heterocycles. The summed E-state index contributed by atoms with van der Waals surface area (Å²) < 4.78 is 0. The first-order chi connectivity index (χ1) is 11.0. The molecular formula is C20H17ClN2. The maximum Gasteiger partial charge on any atom is 0.0744 e. The first-order valence-corrected chi connectivity index (χ1v) is 8.13. The lowest BCUT2D eigenvalue weighted by atomic mass is 9.85. The molecule has 0 bridgehead atoms. The second-order valence-corrected chi connectivity index (χ2v) is 7.10.